The highest BCUT2D eigenvalue weighted by molar-refractivity contribution is 7.10. The molecule has 2 heterocycles. The Hall–Kier alpha value is -2.08. The van der Waals surface area contributed by atoms with Crippen molar-refractivity contribution in [1.29, 1.82) is 0 Å². The third-order valence-electron chi connectivity index (χ3n) is 4.22. The molecule has 0 fully saturated rings. The number of thiophene rings is 1. The van der Waals surface area contributed by atoms with Crippen LogP contribution in [-0.4, -0.2) is 11.8 Å². The van der Waals surface area contributed by atoms with E-state index in [0.717, 1.165) is 24.8 Å². The van der Waals surface area contributed by atoms with E-state index in [1.165, 1.54) is 4.88 Å². The number of fused-ring (bicyclic) bond motifs is 1. The topological polar surface area (TPSA) is 71.3 Å². The molecule has 23 heavy (non-hydrogen) atoms. The molecule has 2 aromatic heterocycles. The number of hydrazine groups is 1. The number of aryl methyl sites for hydroxylation is 2. The van der Waals surface area contributed by atoms with E-state index in [9.17, 15) is 9.59 Å². The first kappa shape index (κ1) is 15.8. The smallest absolute Gasteiger partial charge is 0.273 e. The Labute approximate surface area is 139 Å². The average molecular weight is 332 g/mol. The van der Waals surface area contributed by atoms with Crippen LogP contribution in [0.15, 0.2) is 15.9 Å². The van der Waals surface area contributed by atoms with Crippen molar-refractivity contribution >= 4 is 23.2 Å². The van der Waals surface area contributed by atoms with Gasteiger partial charge in [-0.05, 0) is 50.7 Å². The summed E-state index contributed by atoms with van der Waals surface area (Å²) in [6.07, 6.45) is 3.06. The van der Waals surface area contributed by atoms with E-state index in [1.54, 1.807) is 31.3 Å². The summed E-state index contributed by atoms with van der Waals surface area (Å²) in [5, 5.41) is 1.89. The Bertz CT molecular complexity index is 760. The molecule has 3 rings (SSSR count). The van der Waals surface area contributed by atoms with Gasteiger partial charge < -0.3 is 4.42 Å². The summed E-state index contributed by atoms with van der Waals surface area (Å²) < 4.78 is 5.33. The molecule has 0 bridgehead atoms. The molecular weight excluding hydrogens is 312 g/mol. The van der Waals surface area contributed by atoms with E-state index in [-0.39, 0.29) is 11.8 Å². The third-order valence-corrected chi connectivity index (χ3v) is 5.27. The van der Waals surface area contributed by atoms with Crippen molar-refractivity contribution in [3.05, 3.63) is 44.5 Å². The number of hydrogen-bond donors (Lipinski definition) is 2. The molecule has 1 aliphatic rings. The fourth-order valence-electron chi connectivity index (χ4n) is 2.97. The van der Waals surface area contributed by atoms with Crippen molar-refractivity contribution < 1.29 is 14.0 Å². The maximum Gasteiger partial charge on any atom is 0.273 e. The Morgan fingerprint density at radius 3 is 2.57 bits per heavy atom. The van der Waals surface area contributed by atoms with Gasteiger partial charge in [0.15, 0.2) is 0 Å². The normalized spacial score (nSPS) is 16.7. The lowest BCUT2D eigenvalue weighted by Gasteiger charge is -2.18. The summed E-state index contributed by atoms with van der Waals surface area (Å²) in [4.78, 5) is 25.7. The van der Waals surface area contributed by atoms with Crippen molar-refractivity contribution in [2.24, 2.45) is 5.92 Å². The Balaban J connectivity index is 1.66. The number of rotatable bonds is 2. The lowest BCUT2D eigenvalue weighted by atomic mass is 9.88. The maximum absolute atomic E-state index is 12.3. The van der Waals surface area contributed by atoms with Gasteiger partial charge >= 0.3 is 0 Å². The maximum atomic E-state index is 12.3. The van der Waals surface area contributed by atoms with E-state index >= 15 is 0 Å². The Morgan fingerprint density at radius 1 is 1.22 bits per heavy atom. The summed E-state index contributed by atoms with van der Waals surface area (Å²) in [6, 6.07) is 1.66. The molecule has 2 N–H and O–H groups in total. The van der Waals surface area contributed by atoms with Gasteiger partial charge in [0.25, 0.3) is 11.8 Å². The molecule has 0 radical (unpaired) electrons. The second-order valence-electron chi connectivity index (χ2n) is 6.13. The van der Waals surface area contributed by atoms with Crippen molar-refractivity contribution in [2.75, 3.05) is 0 Å². The first-order chi connectivity index (χ1) is 11.0. The van der Waals surface area contributed by atoms with Crippen LogP contribution in [-0.2, 0) is 12.8 Å². The van der Waals surface area contributed by atoms with E-state index in [4.69, 9.17) is 4.42 Å². The highest BCUT2D eigenvalue weighted by Crippen LogP contribution is 2.32. The predicted octanol–water partition coefficient (Wildman–Crippen LogP) is 3.16. The number of nitrogens with one attached hydrogen (secondary N) is 2. The van der Waals surface area contributed by atoms with Crippen LogP contribution < -0.4 is 10.9 Å². The lowest BCUT2D eigenvalue weighted by molar-refractivity contribution is 0.0845. The van der Waals surface area contributed by atoms with Gasteiger partial charge in [-0.2, -0.15) is 0 Å². The summed E-state index contributed by atoms with van der Waals surface area (Å²) in [5.74, 6) is 1.24. The van der Waals surface area contributed by atoms with Crippen LogP contribution in [0.1, 0.15) is 56.0 Å². The van der Waals surface area contributed by atoms with Gasteiger partial charge in [0.05, 0.1) is 11.1 Å². The van der Waals surface area contributed by atoms with Gasteiger partial charge in [-0.25, -0.2) is 0 Å². The molecule has 0 aliphatic heterocycles. The zero-order valence-corrected chi connectivity index (χ0v) is 14.3. The van der Waals surface area contributed by atoms with Crippen molar-refractivity contribution in [2.45, 2.75) is 40.0 Å². The number of amides is 2. The van der Waals surface area contributed by atoms with Crippen LogP contribution in [0.4, 0.5) is 0 Å². The lowest BCUT2D eigenvalue weighted by Crippen LogP contribution is -2.42. The quantitative estimate of drug-likeness (QED) is 0.830. The molecule has 0 spiro atoms. The minimum Gasteiger partial charge on any atom is -0.466 e. The van der Waals surface area contributed by atoms with Gasteiger partial charge in [0.2, 0.25) is 0 Å². The van der Waals surface area contributed by atoms with Crippen LogP contribution in [0.25, 0.3) is 0 Å². The van der Waals surface area contributed by atoms with Crippen molar-refractivity contribution in [3.63, 3.8) is 0 Å². The van der Waals surface area contributed by atoms with Gasteiger partial charge in [-0.3, -0.25) is 20.4 Å². The molecule has 6 heteroatoms. The zero-order valence-electron chi connectivity index (χ0n) is 13.5. The van der Waals surface area contributed by atoms with Crippen molar-refractivity contribution in [1.82, 2.24) is 10.9 Å². The fourth-order valence-corrected chi connectivity index (χ4v) is 4.22. The average Bonchev–Trinajstić information content (AvgIpc) is 3.06. The second kappa shape index (κ2) is 6.20. The highest BCUT2D eigenvalue weighted by atomic mass is 32.1. The number of hydrogen-bond acceptors (Lipinski definition) is 4. The number of furan rings is 1. The van der Waals surface area contributed by atoms with Gasteiger partial charge in [-0.1, -0.05) is 6.92 Å². The van der Waals surface area contributed by atoms with Crippen LogP contribution >= 0.6 is 11.3 Å². The largest absolute Gasteiger partial charge is 0.466 e. The Morgan fingerprint density at radius 2 is 1.91 bits per heavy atom. The van der Waals surface area contributed by atoms with Crippen LogP contribution in [0.2, 0.25) is 0 Å². The molecule has 122 valence electrons. The standard InChI is InChI=1S/C17H20N2O3S/c1-9-4-5-12-14(8-23-15(12)6-9)17(21)19-18-16(20)13-7-10(2)22-11(13)3/h7-9H,4-6H2,1-3H3,(H,18,20)(H,19,21). The van der Waals surface area contributed by atoms with E-state index in [1.807, 2.05) is 5.38 Å². The summed E-state index contributed by atoms with van der Waals surface area (Å²) in [5.41, 5.74) is 7.22. The molecule has 0 aromatic carbocycles. The first-order valence-electron chi connectivity index (χ1n) is 7.72. The van der Waals surface area contributed by atoms with Gasteiger partial charge in [-0.15, -0.1) is 11.3 Å². The van der Waals surface area contributed by atoms with Gasteiger partial charge in [0.1, 0.15) is 11.5 Å². The zero-order chi connectivity index (χ0) is 16.6. The first-order valence-corrected chi connectivity index (χ1v) is 8.60. The summed E-state index contributed by atoms with van der Waals surface area (Å²) >= 11 is 1.63. The van der Waals surface area contributed by atoms with E-state index in [2.05, 4.69) is 17.8 Å². The van der Waals surface area contributed by atoms with Crippen LogP contribution in [0, 0.1) is 19.8 Å². The summed E-state index contributed by atoms with van der Waals surface area (Å²) in [7, 11) is 0. The van der Waals surface area contributed by atoms with E-state index in [0.29, 0.717) is 28.6 Å². The number of carbonyl (C=O) groups is 2. The molecule has 5 nitrogen and oxygen atoms in total. The molecule has 1 aliphatic carbocycles. The molecule has 1 atom stereocenters. The molecule has 2 aromatic rings. The second-order valence-corrected chi connectivity index (χ2v) is 7.10. The SMILES string of the molecule is Cc1cc(C(=O)NNC(=O)c2csc3c2CCC(C)C3)c(C)o1. The molecule has 1 unspecified atom stereocenters. The van der Waals surface area contributed by atoms with Crippen molar-refractivity contribution in [3.8, 4) is 0 Å². The predicted molar refractivity (Wildman–Crippen MR) is 88.6 cm³/mol. The number of carbonyl (C=O) groups excluding carboxylic acids is 2. The summed E-state index contributed by atoms with van der Waals surface area (Å²) in [6.45, 7) is 5.74. The molecular formula is C17H20N2O3S. The van der Waals surface area contributed by atoms with Gasteiger partial charge in [0, 0.05) is 10.3 Å². The minimum atomic E-state index is -0.370. The monoisotopic (exact) mass is 332 g/mol. The minimum absolute atomic E-state index is 0.261. The Kier molecular flexibility index (Phi) is 4.26. The van der Waals surface area contributed by atoms with Crippen LogP contribution in [0.3, 0.4) is 0 Å². The van der Waals surface area contributed by atoms with E-state index < -0.39 is 0 Å². The molecule has 0 saturated heterocycles. The fraction of sp³-hybridized carbons (Fsp3) is 0.412. The van der Waals surface area contributed by atoms with Crippen LogP contribution in [0.5, 0.6) is 0 Å². The molecule has 0 saturated carbocycles. The highest BCUT2D eigenvalue weighted by Gasteiger charge is 2.23. The molecule has 2 amide bonds. The third kappa shape index (κ3) is 3.17.